The molecule has 27 heavy (non-hydrogen) atoms. The number of anilines is 1. The number of hydrogen-bond acceptors (Lipinski definition) is 5. The number of fused-ring (bicyclic) bond motifs is 1. The van der Waals surface area contributed by atoms with E-state index < -0.39 is 21.7 Å². The van der Waals surface area contributed by atoms with Gasteiger partial charge in [-0.3, -0.25) is 9.59 Å². The molecule has 0 unspecified atom stereocenters. The third-order valence-corrected chi connectivity index (χ3v) is 7.59. The van der Waals surface area contributed by atoms with Crippen LogP contribution in [0.25, 0.3) is 0 Å². The molecule has 0 fully saturated rings. The SMILES string of the molecule is Cc1ccc(S(=O)(=O)CCC(=O)Nc2sc3c(c2C(N)=O)CCCC3)cc1. The van der Waals surface area contributed by atoms with Gasteiger partial charge in [-0.05, 0) is 50.3 Å². The molecule has 0 spiro atoms. The molecule has 0 radical (unpaired) electrons. The van der Waals surface area contributed by atoms with Crippen molar-refractivity contribution in [1.29, 1.82) is 0 Å². The normalized spacial score (nSPS) is 13.8. The first-order valence-electron chi connectivity index (χ1n) is 8.81. The number of thiophene rings is 1. The maximum Gasteiger partial charge on any atom is 0.251 e. The van der Waals surface area contributed by atoms with Crippen molar-refractivity contribution in [3.8, 4) is 0 Å². The first kappa shape index (κ1) is 19.6. The van der Waals surface area contributed by atoms with E-state index in [2.05, 4.69) is 5.32 Å². The topological polar surface area (TPSA) is 106 Å². The molecule has 1 aromatic heterocycles. The molecule has 2 aromatic rings. The van der Waals surface area contributed by atoms with Gasteiger partial charge in [-0.25, -0.2) is 8.42 Å². The zero-order valence-electron chi connectivity index (χ0n) is 15.1. The van der Waals surface area contributed by atoms with E-state index in [0.29, 0.717) is 10.6 Å². The molecular weight excluding hydrogens is 384 g/mol. The molecule has 0 atom stereocenters. The van der Waals surface area contributed by atoms with Crippen LogP contribution in [0.2, 0.25) is 0 Å². The van der Waals surface area contributed by atoms with E-state index in [0.717, 1.165) is 41.7 Å². The maximum atomic E-state index is 12.4. The van der Waals surface area contributed by atoms with Gasteiger partial charge in [0.25, 0.3) is 5.91 Å². The van der Waals surface area contributed by atoms with Crippen LogP contribution in [0, 0.1) is 6.92 Å². The minimum atomic E-state index is -3.54. The lowest BCUT2D eigenvalue weighted by molar-refractivity contribution is -0.115. The Labute approximate surface area is 162 Å². The second kappa shape index (κ2) is 7.82. The molecule has 0 bridgehead atoms. The Hall–Kier alpha value is -2.19. The summed E-state index contributed by atoms with van der Waals surface area (Å²) >= 11 is 1.37. The molecule has 1 aromatic carbocycles. The van der Waals surface area contributed by atoms with Crippen LogP contribution < -0.4 is 11.1 Å². The van der Waals surface area contributed by atoms with Crippen LogP contribution in [-0.4, -0.2) is 26.0 Å². The van der Waals surface area contributed by atoms with Gasteiger partial charge in [0.15, 0.2) is 9.84 Å². The van der Waals surface area contributed by atoms with Gasteiger partial charge in [0.05, 0.1) is 16.2 Å². The molecule has 2 amide bonds. The Kier molecular flexibility index (Phi) is 5.67. The van der Waals surface area contributed by atoms with Crippen molar-refractivity contribution in [3.05, 3.63) is 45.8 Å². The highest BCUT2D eigenvalue weighted by molar-refractivity contribution is 7.91. The summed E-state index contributed by atoms with van der Waals surface area (Å²) in [7, 11) is -3.54. The van der Waals surface area contributed by atoms with E-state index in [1.807, 2.05) is 6.92 Å². The zero-order chi connectivity index (χ0) is 19.6. The van der Waals surface area contributed by atoms with Crippen molar-refractivity contribution in [2.75, 3.05) is 11.1 Å². The van der Waals surface area contributed by atoms with E-state index in [-0.39, 0.29) is 17.1 Å². The van der Waals surface area contributed by atoms with Gasteiger partial charge >= 0.3 is 0 Å². The second-order valence-corrected chi connectivity index (χ2v) is 9.92. The number of carbonyl (C=O) groups is 2. The Morgan fingerprint density at radius 2 is 1.81 bits per heavy atom. The third kappa shape index (κ3) is 4.39. The van der Waals surface area contributed by atoms with Crippen LogP contribution in [0.1, 0.15) is 45.6 Å². The number of benzene rings is 1. The summed E-state index contributed by atoms with van der Waals surface area (Å²) in [5, 5.41) is 3.13. The van der Waals surface area contributed by atoms with Gasteiger partial charge in [0.2, 0.25) is 5.91 Å². The zero-order valence-corrected chi connectivity index (χ0v) is 16.7. The molecule has 1 heterocycles. The van der Waals surface area contributed by atoms with Crippen LogP contribution in [0.5, 0.6) is 0 Å². The average molecular weight is 407 g/mol. The number of hydrogen-bond donors (Lipinski definition) is 2. The Morgan fingerprint density at radius 3 is 2.48 bits per heavy atom. The summed E-state index contributed by atoms with van der Waals surface area (Å²) in [4.78, 5) is 25.4. The Balaban J connectivity index is 1.70. The lowest BCUT2D eigenvalue weighted by Crippen LogP contribution is -2.20. The fourth-order valence-corrected chi connectivity index (χ4v) is 5.75. The molecule has 3 N–H and O–H groups in total. The van der Waals surface area contributed by atoms with Gasteiger partial charge in [-0.15, -0.1) is 11.3 Å². The van der Waals surface area contributed by atoms with Gasteiger partial charge in [-0.1, -0.05) is 17.7 Å². The smallest absolute Gasteiger partial charge is 0.251 e. The molecule has 0 saturated heterocycles. The lowest BCUT2D eigenvalue weighted by atomic mass is 9.95. The van der Waals surface area contributed by atoms with E-state index in [9.17, 15) is 18.0 Å². The van der Waals surface area contributed by atoms with Gasteiger partial charge < -0.3 is 11.1 Å². The summed E-state index contributed by atoms with van der Waals surface area (Å²) in [6, 6.07) is 6.53. The molecule has 6 nitrogen and oxygen atoms in total. The Morgan fingerprint density at radius 1 is 1.15 bits per heavy atom. The first-order valence-corrected chi connectivity index (χ1v) is 11.3. The number of primary amides is 1. The predicted molar refractivity (Wildman–Crippen MR) is 106 cm³/mol. The third-order valence-electron chi connectivity index (χ3n) is 4.65. The molecule has 8 heteroatoms. The van der Waals surface area contributed by atoms with Crippen LogP contribution in [0.3, 0.4) is 0 Å². The summed E-state index contributed by atoms with van der Waals surface area (Å²) in [5.74, 6) is -1.29. The van der Waals surface area contributed by atoms with Gasteiger partial charge in [0, 0.05) is 11.3 Å². The fourth-order valence-electron chi connectivity index (χ4n) is 3.19. The molecular formula is C19H22N2O4S2. The summed E-state index contributed by atoms with van der Waals surface area (Å²) in [6.07, 6.45) is 3.51. The van der Waals surface area contributed by atoms with Crippen molar-refractivity contribution in [2.24, 2.45) is 5.73 Å². The van der Waals surface area contributed by atoms with Crippen LogP contribution >= 0.6 is 11.3 Å². The molecule has 144 valence electrons. The minimum absolute atomic E-state index is 0.184. The molecule has 1 aliphatic carbocycles. The van der Waals surface area contributed by atoms with Gasteiger partial charge in [-0.2, -0.15) is 0 Å². The maximum absolute atomic E-state index is 12.4. The highest BCUT2D eigenvalue weighted by Crippen LogP contribution is 2.37. The largest absolute Gasteiger partial charge is 0.365 e. The number of carbonyl (C=O) groups excluding carboxylic acids is 2. The van der Waals surface area contributed by atoms with Crippen LogP contribution in [0.4, 0.5) is 5.00 Å². The predicted octanol–water partition coefficient (Wildman–Crippen LogP) is 2.84. The number of nitrogens with one attached hydrogen (secondary N) is 1. The highest BCUT2D eigenvalue weighted by Gasteiger charge is 2.25. The quantitative estimate of drug-likeness (QED) is 0.769. The van der Waals surface area contributed by atoms with Crippen molar-refractivity contribution in [3.63, 3.8) is 0 Å². The number of rotatable bonds is 6. The van der Waals surface area contributed by atoms with E-state index in [4.69, 9.17) is 5.73 Å². The van der Waals surface area contributed by atoms with Crippen LogP contribution in [-0.2, 0) is 27.5 Å². The van der Waals surface area contributed by atoms with Crippen LogP contribution in [0.15, 0.2) is 29.2 Å². The lowest BCUT2D eigenvalue weighted by Gasteiger charge is -2.11. The highest BCUT2D eigenvalue weighted by atomic mass is 32.2. The minimum Gasteiger partial charge on any atom is -0.365 e. The van der Waals surface area contributed by atoms with E-state index in [1.165, 1.54) is 11.3 Å². The number of sulfone groups is 1. The molecule has 0 aliphatic heterocycles. The van der Waals surface area contributed by atoms with E-state index >= 15 is 0 Å². The van der Waals surface area contributed by atoms with E-state index in [1.54, 1.807) is 24.3 Å². The number of nitrogens with two attached hydrogens (primary N) is 1. The van der Waals surface area contributed by atoms with Crippen molar-refractivity contribution >= 4 is 38.0 Å². The Bertz CT molecular complexity index is 976. The summed E-state index contributed by atoms with van der Waals surface area (Å²) in [6.45, 7) is 1.88. The van der Waals surface area contributed by atoms with Crippen molar-refractivity contribution in [2.45, 2.75) is 43.9 Å². The number of aryl methyl sites for hydroxylation is 2. The average Bonchev–Trinajstić information content (AvgIpc) is 2.98. The second-order valence-electron chi connectivity index (χ2n) is 6.71. The first-order chi connectivity index (χ1) is 12.8. The molecule has 1 aliphatic rings. The van der Waals surface area contributed by atoms with Crippen molar-refractivity contribution in [1.82, 2.24) is 0 Å². The van der Waals surface area contributed by atoms with Crippen molar-refractivity contribution < 1.29 is 18.0 Å². The fraction of sp³-hybridized carbons (Fsp3) is 0.368. The number of amides is 2. The molecule has 0 saturated carbocycles. The summed E-state index contributed by atoms with van der Waals surface area (Å²) < 4.78 is 24.8. The molecule has 3 rings (SSSR count). The standard InChI is InChI=1S/C19H22N2O4S2/c1-12-6-8-13(9-7-12)27(24,25)11-10-16(22)21-19-17(18(20)23)14-4-2-3-5-15(14)26-19/h6-9H,2-5,10-11H2,1H3,(H2,20,23)(H,21,22). The monoisotopic (exact) mass is 406 g/mol. The summed E-state index contributed by atoms with van der Waals surface area (Å²) in [5.41, 5.74) is 7.79. The van der Waals surface area contributed by atoms with Gasteiger partial charge in [0.1, 0.15) is 5.00 Å².